The predicted octanol–water partition coefficient (Wildman–Crippen LogP) is 4.08. The van der Waals surface area contributed by atoms with Crippen LogP contribution in [0, 0.1) is 20.2 Å². The molecule has 10 nitrogen and oxygen atoms in total. The van der Waals surface area contributed by atoms with Crippen LogP contribution >= 0.6 is 23.2 Å². The van der Waals surface area contributed by atoms with E-state index in [4.69, 9.17) is 32.7 Å². The van der Waals surface area contributed by atoms with Gasteiger partial charge in [-0.3, -0.25) is 25.0 Å². The second kappa shape index (κ2) is 8.06. The van der Waals surface area contributed by atoms with Crippen molar-refractivity contribution in [1.29, 1.82) is 0 Å². The van der Waals surface area contributed by atoms with Crippen molar-refractivity contribution in [3.63, 3.8) is 0 Å². The lowest BCUT2D eigenvalue weighted by Gasteiger charge is -2.13. The molecule has 0 aromatic heterocycles. The summed E-state index contributed by atoms with van der Waals surface area (Å²) in [5, 5.41) is 24.2. The van der Waals surface area contributed by atoms with Crippen LogP contribution in [-0.2, 0) is 0 Å². The minimum Gasteiger partial charge on any atom is -0.495 e. The van der Waals surface area contributed by atoms with E-state index in [0.717, 1.165) is 6.07 Å². The average Bonchev–Trinajstić information content (AvgIpc) is 2.62. The monoisotopic (exact) mass is 415 g/mol. The Balaban J connectivity index is 2.53. The maximum Gasteiger partial charge on any atom is 0.295 e. The fourth-order valence-electron chi connectivity index (χ4n) is 2.15. The molecule has 1 amide bonds. The van der Waals surface area contributed by atoms with Gasteiger partial charge in [-0.1, -0.05) is 23.2 Å². The van der Waals surface area contributed by atoms with E-state index in [2.05, 4.69) is 5.32 Å². The van der Waals surface area contributed by atoms with E-state index in [1.54, 1.807) is 0 Å². The van der Waals surface area contributed by atoms with Crippen molar-refractivity contribution in [2.24, 2.45) is 0 Å². The molecule has 0 unspecified atom stereocenters. The number of amides is 1. The number of nitro groups is 2. The first-order valence-corrected chi connectivity index (χ1v) is 7.80. The summed E-state index contributed by atoms with van der Waals surface area (Å²) in [6, 6.07) is 4.25. The molecule has 12 heteroatoms. The number of ether oxygens (including phenoxy) is 2. The van der Waals surface area contributed by atoms with Gasteiger partial charge < -0.3 is 14.8 Å². The van der Waals surface area contributed by atoms with Gasteiger partial charge in [0, 0.05) is 18.2 Å². The molecular formula is C15H11Cl2N3O7. The number of nitro benzene ring substituents is 2. The second-order valence-electron chi connectivity index (χ2n) is 4.98. The van der Waals surface area contributed by atoms with Gasteiger partial charge >= 0.3 is 0 Å². The van der Waals surface area contributed by atoms with Crippen LogP contribution in [0.4, 0.5) is 17.1 Å². The Labute approximate surface area is 161 Å². The number of carbonyl (C=O) groups excluding carboxylic acids is 1. The Kier molecular flexibility index (Phi) is 6.03. The fraction of sp³-hybridized carbons (Fsp3) is 0.133. The van der Waals surface area contributed by atoms with Gasteiger partial charge in [0.25, 0.3) is 17.3 Å². The fourth-order valence-corrected chi connectivity index (χ4v) is 2.64. The van der Waals surface area contributed by atoms with E-state index in [0.29, 0.717) is 6.07 Å². The van der Waals surface area contributed by atoms with Crippen LogP contribution in [0.25, 0.3) is 0 Å². The number of carbonyl (C=O) groups is 1. The molecule has 2 rings (SSSR count). The van der Waals surface area contributed by atoms with Gasteiger partial charge in [0.1, 0.15) is 16.5 Å². The minimum atomic E-state index is -0.922. The van der Waals surface area contributed by atoms with Crippen molar-refractivity contribution >= 4 is 46.2 Å². The van der Waals surface area contributed by atoms with Crippen molar-refractivity contribution in [2.45, 2.75) is 0 Å². The van der Waals surface area contributed by atoms with Crippen LogP contribution in [0.2, 0.25) is 10.0 Å². The smallest absolute Gasteiger partial charge is 0.295 e. The van der Waals surface area contributed by atoms with Gasteiger partial charge in [-0.05, 0) is 0 Å². The minimum absolute atomic E-state index is 0.119. The van der Waals surface area contributed by atoms with Crippen LogP contribution in [0.5, 0.6) is 11.5 Å². The van der Waals surface area contributed by atoms with E-state index in [1.807, 2.05) is 0 Å². The molecule has 0 bridgehead atoms. The number of anilines is 1. The summed E-state index contributed by atoms with van der Waals surface area (Å²) in [5.41, 5.74) is -1.75. The molecule has 2 aromatic rings. The molecule has 0 saturated carbocycles. The summed E-state index contributed by atoms with van der Waals surface area (Å²) in [6.07, 6.45) is 0. The van der Waals surface area contributed by atoms with Crippen molar-refractivity contribution in [3.05, 3.63) is 60.1 Å². The van der Waals surface area contributed by atoms with Crippen molar-refractivity contribution in [2.75, 3.05) is 19.5 Å². The van der Waals surface area contributed by atoms with Crippen LogP contribution in [-0.4, -0.2) is 30.0 Å². The molecule has 142 valence electrons. The number of benzene rings is 2. The summed E-state index contributed by atoms with van der Waals surface area (Å²) >= 11 is 11.9. The summed E-state index contributed by atoms with van der Waals surface area (Å²) in [4.78, 5) is 32.8. The van der Waals surface area contributed by atoms with Crippen LogP contribution in [0.1, 0.15) is 10.4 Å². The van der Waals surface area contributed by atoms with Crippen molar-refractivity contribution in [3.8, 4) is 11.5 Å². The van der Waals surface area contributed by atoms with Crippen molar-refractivity contribution in [1.82, 2.24) is 0 Å². The average molecular weight is 416 g/mol. The summed E-state index contributed by atoms with van der Waals surface area (Å²) in [5.74, 6) is -0.524. The normalized spacial score (nSPS) is 10.2. The highest BCUT2D eigenvalue weighted by Gasteiger charge is 2.27. The SMILES string of the molecule is COc1cc(NC(=O)c2cc([N+](=O)[O-])cc([N+](=O)[O-])c2Cl)c(OC)cc1Cl. The zero-order valence-electron chi connectivity index (χ0n) is 13.8. The van der Waals surface area contributed by atoms with E-state index in [-0.39, 0.29) is 22.2 Å². The quantitative estimate of drug-likeness (QED) is 0.554. The first-order valence-electron chi connectivity index (χ1n) is 7.04. The van der Waals surface area contributed by atoms with Gasteiger partial charge in [0.05, 0.1) is 46.4 Å². The second-order valence-corrected chi connectivity index (χ2v) is 5.77. The van der Waals surface area contributed by atoms with Crippen LogP contribution < -0.4 is 14.8 Å². The van der Waals surface area contributed by atoms with E-state index >= 15 is 0 Å². The molecule has 0 aliphatic heterocycles. The molecule has 27 heavy (non-hydrogen) atoms. The van der Waals surface area contributed by atoms with E-state index in [9.17, 15) is 25.0 Å². The van der Waals surface area contributed by atoms with Crippen molar-refractivity contribution < 1.29 is 24.1 Å². The lowest BCUT2D eigenvalue weighted by molar-refractivity contribution is -0.394. The number of methoxy groups -OCH3 is 2. The number of halogens is 2. The summed E-state index contributed by atoms with van der Waals surface area (Å²) in [6.45, 7) is 0. The third kappa shape index (κ3) is 4.18. The number of nitrogens with one attached hydrogen (secondary N) is 1. The molecule has 2 aromatic carbocycles. The highest BCUT2D eigenvalue weighted by atomic mass is 35.5. The van der Waals surface area contributed by atoms with E-state index in [1.165, 1.54) is 26.4 Å². The Morgan fingerprint density at radius 1 is 1.00 bits per heavy atom. The largest absolute Gasteiger partial charge is 0.495 e. The number of hydrogen-bond acceptors (Lipinski definition) is 7. The highest BCUT2D eigenvalue weighted by molar-refractivity contribution is 6.36. The lowest BCUT2D eigenvalue weighted by atomic mass is 10.1. The molecule has 0 fully saturated rings. The van der Waals surface area contributed by atoms with Gasteiger partial charge in [-0.25, -0.2) is 0 Å². The number of hydrogen-bond donors (Lipinski definition) is 1. The maximum absolute atomic E-state index is 12.6. The Bertz CT molecular complexity index is 949. The number of non-ortho nitro benzene ring substituents is 1. The van der Waals surface area contributed by atoms with Crippen LogP contribution in [0.3, 0.4) is 0 Å². The van der Waals surface area contributed by atoms with Gasteiger partial charge in [0.15, 0.2) is 0 Å². The van der Waals surface area contributed by atoms with Gasteiger partial charge in [-0.15, -0.1) is 0 Å². The molecule has 0 saturated heterocycles. The van der Waals surface area contributed by atoms with Crippen LogP contribution in [0.15, 0.2) is 24.3 Å². The molecule has 0 radical (unpaired) electrons. The number of rotatable bonds is 6. The molecule has 1 N–H and O–H groups in total. The Morgan fingerprint density at radius 3 is 2.15 bits per heavy atom. The topological polar surface area (TPSA) is 134 Å². The van der Waals surface area contributed by atoms with Gasteiger partial charge in [0.2, 0.25) is 0 Å². The molecule has 0 atom stereocenters. The maximum atomic E-state index is 12.6. The van der Waals surface area contributed by atoms with Gasteiger partial charge in [-0.2, -0.15) is 0 Å². The molecular weight excluding hydrogens is 405 g/mol. The zero-order chi connectivity index (χ0) is 20.3. The highest BCUT2D eigenvalue weighted by Crippen LogP contribution is 2.37. The zero-order valence-corrected chi connectivity index (χ0v) is 15.3. The third-order valence-electron chi connectivity index (χ3n) is 3.41. The Morgan fingerprint density at radius 2 is 1.63 bits per heavy atom. The molecule has 0 aliphatic rings. The first kappa shape index (κ1) is 20.2. The Hall–Kier alpha value is -3.11. The number of nitrogens with zero attached hydrogens (tertiary/aromatic N) is 2. The van der Waals surface area contributed by atoms with E-state index < -0.39 is 37.7 Å². The lowest BCUT2D eigenvalue weighted by Crippen LogP contribution is -2.14. The predicted molar refractivity (Wildman–Crippen MR) is 97.3 cm³/mol. The molecule has 0 aliphatic carbocycles. The first-order chi connectivity index (χ1) is 12.7. The standard InChI is InChI=1S/C15H11Cl2N3O7/c1-26-12-6-10(13(27-2)5-9(12)16)18-15(21)8-3-7(19(22)23)4-11(14(8)17)20(24)25/h3-6H,1-2H3,(H,18,21). The third-order valence-corrected chi connectivity index (χ3v) is 4.11. The molecule has 0 heterocycles. The summed E-state index contributed by atoms with van der Waals surface area (Å²) < 4.78 is 10.2. The summed E-state index contributed by atoms with van der Waals surface area (Å²) in [7, 11) is 2.69. The molecule has 0 spiro atoms.